The van der Waals surface area contributed by atoms with Crippen LogP contribution in [0.5, 0.6) is 0 Å². The lowest BCUT2D eigenvalue weighted by Crippen LogP contribution is -2.49. The van der Waals surface area contributed by atoms with Crippen LogP contribution in [0.2, 0.25) is 0 Å². The summed E-state index contributed by atoms with van der Waals surface area (Å²) in [5, 5.41) is 0. The average molecular weight is 283 g/mol. The van der Waals surface area contributed by atoms with Crippen molar-refractivity contribution in [2.24, 2.45) is 5.73 Å². The molecule has 3 nitrogen and oxygen atoms in total. The van der Waals surface area contributed by atoms with E-state index in [2.05, 4.69) is 16.7 Å². The summed E-state index contributed by atoms with van der Waals surface area (Å²) in [4.78, 5) is 4.64. The Hall–Kier alpha value is -1.04. The molecule has 1 heterocycles. The highest BCUT2D eigenvalue weighted by atomic mass is 19.1. The lowest BCUT2D eigenvalue weighted by Gasteiger charge is -2.39. The van der Waals surface area contributed by atoms with Crippen LogP contribution < -0.4 is 5.73 Å². The summed E-state index contributed by atoms with van der Waals surface area (Å²) in [6.45, 7) is 7.40. The summed E-state index contributed by atoms with van der Waals surface area (Å²) in [5.41, 5.74) is 6.46. The van der Waals surface area contributed by atoms with Crippen LogP contribution in [0.4, 0.5) is 8.78 Å². The molecule has 2 rings (SSSR count). The molecule has 112 valence electrons. The quantitative estimate of drug-likeness (QED) is 0.897. The molecule has 0 bridgehead atoms. The van der Waals surface area contributed by atoms with E-state index in [1.165, 1.54) is 12.1 Å². The predicted molar refractivity (Wildman–Crippen MR) is 76.5 cm³/mol. The van der Waals surface area contributed by atoms with Crippen molar-refractivity contribution < 1.29 is 8.78 Å². The highest BCUT2D eigenvalue weighted by Gasteiger charge is 2.24. The van der Waals surface area contributed by atoms with Crippen LogP contribution in [0.15, 0.2) is 18.2 Å². The van der Waals surface area contributed by atoms with Gasteiger partial charge in [0.25, 0.3) is 0 Å². The van der Waals surface area contributed by atoms with Gasteiger partial charge < -0.3 is 10.6 Å². The first-order chi connectivity index (χ1) is 9.63. The van der Waals surface area contributed by atoms with Crippen molar-refractivity contribution in [1.29, 1.82) is 0 Å². The molecule has 1 atom stereocenters. The molecule has 0 aliphatic carbocycles. The number of nitrogens with two attached hydrogens (primary N) is 1. The minimum atomic E-state index is -0.539. The summed E-state index contributed by atoms with van der Waals surface area (Å²) in [7, 11) is 0. The number of halogens is 2. The number of nitrogens with zero attached hydrogens (tertiary/aromatic N) is 2. The van der Waals surface area contributed by atoms with E-state index >= 15 is 0 Å². The minimum absolute atomic E-state index is 0.107. The SMILES string of the molecule is CCCN1CCN(C(CN)c2cc(F)cc(F)c2)CC1. The molecule has 1 fully saturated rings. The van der Waals surface area contributed by atoms with Crippen LogP contribution >= 0.6 is 0 Å². The van der Waals surface area contributed by atoms with Crippen molar-refractivity contribution in [2.45, 2.75) is 19.4 Å². The van der Waals surface area contributed by atoms with Gasteiger partial charge in [0.05, 0.1) is 0 Å². The Morgan fingerprint density at radius 1 is 1.10 bits per heavy atom. The van der Waals surface area contributed by atoms with E-state index in [0.717, 1.165) is 45.2 Å². The summed E-state index contributed by atoms with van der Waals surface area (Å²) >= 11 is 0. The zero-order valence-corrected chi connectivity index (χ0v) is 12.0. The number of rotatable bonds is 5. The van der Waals surface area contributed by atoms with Gasteiger partial charge in [0.15, 0.2) is 0 Å². The zero-order chi connectivity index (χ0) is 14.5. The zero-order valence-electron chi connectivity index (χ0n) is 12.0. The van der Waals surface area contributed by atoms with E-state index in [9.17, 15) is 8.78 Å². The second-order valence-corrected chi connectivity index (χ2v) is 5.33. The second-order valence-electron chi connectivity index (χ2n) is 5.33. The standard InChI is InChI=1S/C15H23F2N3/c1-2-3-19-4-6-20(7-5-19)15(11-18)12-8-13(16)10-14(17)9-12/h8-10,15H,2-7,11,18H2,1H3. The van der Waals surface area contributed by atoms with Gasteiger partial charge in [-0.2, -0.15) is 0 Å². The molecule has 1 aliphatic heterocycles. The molecule has 20 heavy (non-hydrogen) atoms. The molecular weight excluding hydrogens is 260 g/mol. The third kappa shape index (κ3) is 3.75. The van der Waals surface area contributed by atoms with Crippen LogP contribution in [-0.2, 0) is 0 Å². The van der Waals surface area contributed by atoms with Gasteiger partial charge in [-0.3, -0.25) is 4.90 Å². The maximum absolute atomic E-state index is 13.3. The van der Waals surface area contributed by atoms with Crippen molar-refractivity contribution in [2.75, 3.05) is 39.3 Å². The van der Waals surface area contributed by atoms with Crippen LogP contribution in [-0.4, -0.2) is 49.1 Å². The third-order valence-electron chi connectivity index (χ3n) is 3.88. The number of hydrogen-bond donors (Lipinski definition) is 1. The highest BCUT2D eigenvalue weighted by Crippen LogP contribution is 2.23. The van der Waals surface area contributed by atoms with Gasteiger partial charge in [-0.15, -0.1) is 0 Å². The Morgan fingerprint density at radius 3 is 2.20 bits per heavy atom. The molecule has 0 amide bonds. The first-order valence-electron chi connectivity index (χ1n) is 7.26. The van der Waals surface area contributed by atoms with Crippen molar-refractivity contribution in [3.63, 3.8) is 0 Å². The Labute approximate surface area is 119 Å². The summed E-state index contributed by atoms with van der Waals surface area (Å²) in [6.07, 6.45) is 1.15. The van der Waals surface area contributed by atoms with E-state index in [1.54, 1.807) is 0 Å². The molecule has 5 heteroatoms. The van der Waals surface area contributed by atoms with E-state index in [-0.39, 0.29) is 6.04 Å². The van der Waals surface area contributed by atoms with Crippen LogP contribution in [0.25, 0.3) is 0 Å². The Morgan fingerprint density at radius 2 is 1.70 bits per heavy atom. The molecule has 1 aromatic rings. The van der Waals surface area contributed by atoms with E-state index in [0.29, 0.717) is 12.1 Å². The first kappa shape index (κ1) is 15.4. The van der Waals surface area contributed by atoms with Gasteiger partial charge >= 0.3 is 0 Å². The van der Waals surface area contributed by atoms with Gasteiger partial charge in [-0.05, 0) is 30.7 Å². The Bertz CT molecular complexity index is 411. The molecule has 1 aromatic carbocycles. The van der Waals surface area contributed by atoms with Gasteiger partial charge in [0.2, 0.25) is 0 Å². The van der Waals surface area contributed by atoms with E-state index in [1.807, 2.05) is 0 Å². The van der Waals surface area contributed by atoms with E-state index in [4.69, 9.17) is 5.73 Å². The van der Waals surface area contributed by atoms with Gasteiger partial charge in [-0.25, -0.2) is 8.78 Å². The topological polar surface area (TPSA) is 32.5 Å². The molecule has 0 aromatic heterocycles. The fraction of sp³-hybridized carbons (Fsp3) is 0.600. The first-order valence-corrected chi connectivity index (χ1v) is 7.26. The normalized spacial score (nSPS) is 19.2. The van der Waals surface area contributed by atoms with Crippen molar-refractivity contribution >= 4 is 0 Å². The molecule has 2 N–H and O–H groups in total. The van der Waals surface area contributed by atoms with Crippen LogP contribution in [0, 0.1) is 11.6 Å². The largest absolute Gasteiger partial charge is 0.329 e. The number of piperazine rings is 1. The fourth-order valence-electron chi connectivity index (χ4n) is 2.88. The number of hydrogen-bond acceptors (Lipinski definition) is 3. The molecule has 1 aliphatic rings. The lowest BCUT2D eigenvalue weighted by molar-refractivity contribution is 0.0983. The third-order valence-corrected chi connectivity index (χ3v) is 3.88. The summed E-state index contributed by atoms with van der Waals surface area (Å²) < 4.78 is 26.7. The molecule has 0 saturated carbocycles. The van der Waals surface area contributed by atoms with Gasteiger partial charge in [0, 0.05) is 44.8 Å². The lowest BCUT2D eigenvalue weighted by atomic mass is 10.0. The van der Waals surface area contributed by atoms with Crippen LogP contribution in [0.3, 0.4) is 0 Å². The van der Waals surface area contributed by atoms with Gasteiger partial charge in [0.1, 0.15) is 11.6 Å². The number of benzene rings is 1. The minimum Gasteiger partial charge on any atom is -0.329 e. The maximum atomic E-state index is 13.3. The molecule has 1 unspecified atom stereocenters. The summed E-state index contributed by atoms with van der Waals surface area (Å²) in [5.74, 6) is -1.08. The predicted octanol–water partition coefficient (Wildman–Crippen LogP) is 1.99. The molecule has 0 spiro atoms. The average Bonchev–Trinajstić information content (AvgIpc) is 2.41. The molecule has 0 radical (unpaired) electrons. The van der Waals surface area contributed by atoms with Crippen molar-refractivity contribution in [1.82, 2.24) is 9.80 Å². The van der Waals surface area contributed by atoms with Crippen molar-refractivity contribution in [3.8, 4) is 0 Å². The maximum Gasteiger partial charge on any atom is 0.126 e. The van der Waals surface area contributed by atoms with Gasteiger partial charge in [-0.1, -0.05) is 6.92 Å². The summed E-state index contributed by atoms with van der Waals surface area (Å²) in [6, 6.07) is 3.57. The fourth-order valence-corrected chi connectivity index (χ4v) is 2.88. The Kier molecular flexibility index (Phi) is 5.46. The Balaban J connectivity index is 2.05. The second kappa shape index (κ2) is 7.11. The molecular formula is C15H23F2N3. The van der Waals surface area contributed by atoms with E-state index < -0.39 is 11.6 Å². The smallest absolute Gasteiger partial charge is 0.126 e. The monoisotopic (exact) mass is 283 g/mol. The van der Waals surface area contributed by atoms with Crippen molar-refractivity contribution in [3.05, 3.63) is 35.4 Å². The van der Waals surface area contributed by atoms with Crippen LogP contribution in [0.1, 0.15) is 24.9 Å². The molecule has 1 saturated heterocycles. The highest BCUT2D eigenvalue weighted by molar-refractivity contribution is 5.22.